The van der Waals surface area contributed by atoms with E-state index >= 15 is 0 Å². The van der Waals surface area contributed by atoms with Crippen LogP contribution in [0, 0.1) is 5.92 Å². The molecule has 0 aromatic rings. The highest BCUT2D eigenvalue weighted by Crippen LogP contribution is 2.29. The lowest BCUT2D eigenvalue weighted by molar-refractivity contribution is 0.0938. The molecule has 3 unspecified atom stereocenters. The van der Waals surface area contributed by atoms with Crippen molar-refractivity contribution >= 4 is 0 Å². The number of unbranched alkanes of at least 4 members (excludes halogenated alkanes) is 2. The average molecular weight is 240 g/mol. The minimum absolute atomic E-state index is 0.604. The highest BCUT2D eigenvalue weighted by Gasteiger charge is 2.28. The van der Waals surface area contributed by atoms with E-state index in [0.717, 1.165) is 18.5 Å². The van der Waals surface area contributed by atoms with Gasteiger partial charge in [-0.1, -0.05) is 46.0 Å². The van der Waals surface area contributed by atoms with Crippen LogP contribution in [0.15, 0.2) is 0 Å². The third kappa shape index (κ3) is 4.59. The predicted octanol–water partition coefficient (Wildman–Crippen LogP) is 3.40. The van der Waals surface area contributed by atoms with E-state index in [9.17, 15) is 0 Å². The number of nitrogens with two attached hydrogens (primary N) is 1. The van der Waals surface area contributed by atoms with Crippen molar-refractivity contribution in [2.24, 2.45) is 11.7 Å². The van der Waals surface area contributed by atoms with E-state index < -0.39 is 0 Å². The van der Waals surface area contributed by atoms with E-state index in [-0.39, 0.29) is 0 Å². The van der Waals surface area contributed by atoms with Gasteiger partial charge < -0.3 is 5.73 Å². The number of rotatable bonds is 7. The fourth-order valence-electron chi connectivity index (χ4n) is 3.29. The van der Waals surface area contributed by atoms with Crippen LogP contribution in [0.25, 0.3) is 0 Å². The minimum atomic E-state index is 0.604. The van der Waals surface area contributed by atoms with Crippen LogP contribution < -0.4 is 5.73 Å². The van der Waals surface area contributed by atoms with Crippen molar-refractivity contribution in [2.75, 3.05) is 13.6 Å². The Kier molecular flexibility index (Phi) is 7.14. The molecule has 2 nitrogen and oxygen atoms in total. The van der Waals surface area contributed by atoms with Crippen LogP contribution in [-0.2, 0) is 0 Å². The molecule has 1 aliphatic carbocycles. The van der Waals surface area contributed by atoms with Gasteiger partial charge in [0.1, 0.15) is 0 Å². The summed E-state index contributed by atoms with van der Waals surface area (Å²) in [5.74, 6) is 0.856. The largest absolute Gasteiger partial charge is 0.329 e. The molecule has 0 aromatic heterocycles. The zero-order valence-corrected chi connectivity index (χ0v) is 12.1. The SMILES string of the molecule is CCCCCC(CN)N(C)C1CCCCC1C. The lowest BCUT2D eigenvalue weighted by Crippen LogP contribution is -2.48. The molecular formula is C15H32N2. The van der Waals surface area contributed by atoms with Crippen molar-refractivity contribution in [3.63, 3.8) is 0 Å². The Balaban J connectivity index is 2.42. The van der Waals surface area contributed by atoms with Gasteiger partial charge in [0.05, 0.1) is 0 Å². The Labute approximate surface area is 108 Å². The van der Waals surface area contributed by atoms with E-state index in [0.29, 0.717) is 6.04 Å². The summed E-state index contributed by atoms with van der Waals surface area (Å²) in [5.41, 5.74) is 5.97. The lowest BCUT2D eigenvalue weighted by Gasteiger charge is -2.40. The third-order valence-corrected chi connectivity index (χ3v) is 4.58. The summed E-state index contributed by atoms with van der Waals surface area (Å²) in [6, 6.07) is 1.38. The van der Waals surface area contributed by atoms with Crippen molar-refractivity contribution in [1.82, 2.24) is 4.90 Å². The standard InChI is InChI=1S/C15H32N2/c1-4-5-6-10-14(12-16)17(3)15-11-8-7-9-13(15)2/h13-15H,4-12,16H2,1-3H3. The third-order valence-electron chi connectivity index (χ3n) is 4.58. The molecule has 1 aliphatic rings. The summed E-state index contributed by atoms with van der Waals surface area (Å²) in [6.07, 6.45) is 10.9. The molecule has 0 bridgehead atoms. The molecule has 0 heterocycles. The lowest BCUT2D eigenvalue weighted by atomic mass is 9.84. The molecule has 0 radical (unpaired) electrons. The second kappa shape index (κ2) is 8.10. The first kappa shape index (κ1) is 15.0. The molecule has 1 fully saturated rings. The highest BCUT2D eigenvalue weighted by molar-refractivity contribution is 4.83. The molecular weight excluding hydrogens is 208 g/mol. The number of nitrogens with zero attached hydrogens (tertiary/aromatic N) is 1. The fraction of sp³-hybridized carbons (Fsp3) is 1.00. The summed E-state index contributed by atoms with van der Waals surface area (Å²) in [4.78, 5) is 2.60. The normalized spacial score (nSPS) is 27.4. The molecule has 2 heteroatoms. The van der Waals surface area contributed by atoms with Crippen molar-refractivity contribution in [2.45, 2.75) is 77.3 Å². The second-order valence-electron chi connectivity index (χ2n) is 5.88. The molecule has 2 N–H and O–H groups in total. The van der Waals surface area contributed by atoms with Gasteiger partial charge in [0, 0.05) is 18.6 Å². The topological polar surface area (TPSA) is 29.3 Å². The Bertz CT molecular complexity index is 193. The van der Waals surface area contributed by atoms with E-state index in [1.807, 2.05) is 0 Å². The summed E-state index contributed by atoms with van der Waals surface area (Å²) in [6.45, 7) is 5.51. The molecule has 1 rings (SSSR count). The molecule has 3 atom stereocenters. The molecule has 0 spiro atoms. The molecule has 0 saturated heterocycles. The van der Waals surface area contributed by atoms with Crippen molar-refractivity contribution in [1.29, 1.82) is 0 Å². The Morgan fingerprint density at radius 3 is 2.53 bits per heavy atom. The smallest absolute Gasteiger partial charge is 0.0218 e. The van der Waals surface area contributed by atoms with Crippen LogP contribution in [0.2, 0.25) is 0 Å². The quantitative estimate of drug-likeness (QED) is 0.691. The van der Waals surface area contributed by atoms with Crippen molar-refractivity contribution < 1.29 is 0 Å². The fourth-order valence-corrected chi connectivity index (χ4v) is 3.29. The molecule has 17 heavy (non-hydrogen) atoms. The second-order valence-corrected chi connectivity index (χ2v) is 5.88. The van der Waals surface area contributed by atoms with Crippen LogP contribution in [0.1, 0.15) is 65.2 Å². The maximum atomic E-state index is 5.97. The van der Waals surface area contributed by atoms with Crippen LogP contribution >= 0.6 is 0 Å². The van der Waals surface area contributed by atoms with Gasteiger partial charge in [-0.25, -0.2) is 0 Å². The van der Waals surface area contributed by atoms with Gasteiger partial charge in [0.15, 0.2) is 0 Å². The maximum absolute atomic E-state index is 5.97. The summed E-state index contributed by atoms with van der Waals surface area (Å²) >= 11 is 0. The van der Waals surface area contributed by atoms with Gasteiger partial charge in [-0.2, -0.15) is 0 Å². The van der Waals surface area contributed by atoms with Gasteiger partial charge in [-0.3, -0.25) is 4.90 Å². The molecule has 102 valence electrons. The Hall–Kier alpha value is -0.0800. The number of hydrogen-bond acceptors (Lipinski definition) is 2. The van der Waals surface area contributed by atoms with Crippen molar-refractivity contribution in [3.8, 4) is 0 Å². The molecule has 0 amide bonds. The zero-order chi connectivity index (χ0) is 12.7. The first-order chi connectivity index (χ1) is 8.20. The number of hydrogen-bond donors (Lipinski definition) is 1. The monoisotopic (exact) mass is 240 g/mol. The Morgan fingerprint density at radius 1 is 1.24 bits per heavy atom. The van der Waals surface area contributed by atoms with Gasteiger partial charge >= 0.3 is 0 Å². The number of likely N-dealkylation sites (N-methyl/N-ethyl adjacent to an activating group) is 1. The predicted molar refractivity (Wildman–Crippen MR) is 76.2 cm³/mol. The Morgan fingerprint density at radius 2 is 1.94 bits per heavy atom. The first-order valence-electron chi connectivity index (χ1n) is 7.62. The van der Waals surface area contributed by atoms with Crippen LogP contribution in [0.3, 0.4) is 0 Å². The van der Waals surface area contributed by atoms with E-state index in [4.69, 9.17) is 5.73 Å². The summed E-state index contributed by atoms with van der Waals surface area (Å²) in [5, 5.41) is 0. The van der Waals surface area contributed by atoms with Crippen LogP contribution in [0.5, 0.6) is 0 Å². The van der Waals surface area contributed by atoms with Gasteiger partial charge in [0.25, 0.3) is 0 Å². The van der Waals surface area contributed by atoms with Gasteiger partial charge in [0.2, 0.25) is 0 Å². The van der Waals surface area contributed by atoms with Gasteiger partial charge in [-0.05, 0) is 32.2 Å². The first-order valence-corrected chi connectivity index (χ1v) is 7.62. The van der Waals surface area contributed by atoms with E-state index in [2.05, 4.69) is 25.8 Å². The summed E-state index contributed by atoms with van der Waals surface area (Å²) in [7, 11) is 2.30. The molecule has 1 saturated carbocycles. The van der Waals surface area contributed by atoms with E-state index in [1.165, 1.54) is 51.4 Å². The maximum Gasteiger partial charge on any atom is 0.0218 e. The van der Waals surface area contributed by atoms with Crippen LogP contribution in [-0.4, -0.2) is 30.6 Å². The highest BCUT2D eigenvalue weighted by atomic mass is 15.2. The summed E-state index contributed by atoms with van der Waals surface area (Å²) < 4.78 is 0. The minimum Gasteiger partial charge on any atom is -0.329 e. The van der Waals surface area contributed by atoms with E-state index in [1.54, 1.807) is 0 Å². The van der Waals surface area contributed by atoms with Crippen molar-refractivity contribution in [3.05, 3.63) is 0 Å². The average Bonchev–Trinajstić information content (AvgIpc) is 2.35. The molecule has 0 aromatic carbocycles. The van der Waals surface area contributed by atoms with Crippen LogP contribution in [0.4, 0.5) is 0 Å². The zero-order valence-electron chi connectivity index (χ0n) is 12.1. The molecule has 0 aliphatic heterocycles. The van der Waals surface area contributed by atoms with Gasteiger partial charge in [-0.15, -0.1) is 0 Å².